The van der Waals surface area contributed by atoms with Gasteiger partial charge in [0.2, 0.25) is 0 Å². The molecule has 0 fully saturated rings. The minimum absolute atomic E-state index is 0.269. The van der Waals surface area contributed by atoms with Crippen molar-refractivity contribution in [3.8, 4) is 5.75 Å². The lowest BCUT2D eigenvalue weighted by Crippen LogP contribution is -2.33. The molecule has 3 aromatic carbocycles. The van der Waals surface area contributed by atoms with Crippen LogP contribution in [0.2, 0.25) is 0 Å². The molecule has 0 unspecified atom stereocenters. The van der Waals surface area contributed by atoms with E-state index in [-0.39, 0.29) is 17.5 Å². The number of nitrogens with one attached hydrogen (secondary N) is 1. The highest BCUT2D eigenvalue weighted by Gasteiger charge is 2.40. The van der Waals surface area contributed by atoms with E-state index in [0.29, 0.717) is 22.6 Å². The van der Waals surface area contributed by atoms with Crippen LogP contribution in [0.1, 0.15) is 29.2 Å². The van der Waals surface area contributed by atoms with Gasteiger partial charge in [-0.15, -0.1) is 0 Å². The Balaban J connectivity index is 1.82. The number of carbonyl (C=O) groups excluding carboxylic acids is 2. The Kier molecular flexibility index (Phi) is 5.82. The third-order valence-electron chi connectivity index (χ3n) is 5.91. The number of amides is 2. The van der Waals surface area contributed by atoms with Gasteiger partial charge in [0.1, 0.15) is 11.4 Å². The standard InChI is InChI=1S/C27H26N2O3/c1-5-19-9-13-21(14-10-19)28-25-24(20-11-15-22(32-4)16-12-20)26(30)29(27(25)31)23-8-6-7-17(2)18(23)3/h6-16,28H,5H2,1-4H3. The molecule has 1 aliphatic heterocycles. The summed E-state index contributed by atoms with van der Waals surface area (Å²) >= 11 is 0. The van der Waals surface area contributed by atoms with Crippen molar-refractivity contribution >= 4 is 28.8 Å². The molecule has 5 nitrogen and oxygen atoms in total. The van der Waals surface area contributed by atoms with E-state index < -0.39 is 0 Å². The number of methoxy groups -OCH3 is 1. The summed E-state index contributed by atoms with van der Waals surface area (Å²) in [5.74, 6) is -0.0298. The number of aryl methyl sites for hydroxylation is 2. The highest BCUT2D eigenvalue weighted by molar-refractivity contribution is 6.46. The van der Waals surface area contributed by atoms with E-state index in [2.05, 4.69) is 12.2 Å². The number of benzene rings is 3. The van der Waals surface area contributed by atoms with Gasteiger partial charge in [0.05, 0.1) is 18.4 Å². The van der Waals surface area contributed by atoms with Gasteiger partial charge < -0.3 is 10.1 Å². The number of imide groups is 1. The predicted octanol–water partition coefficient (Wildman–Crippen LogP) is 5.27. The molecule has 1 heterocycles. The van der Waals surface area contributed by atoms with Gasteiger partial charge in [-0.1, -0.05) is 43.3 Å². The van der Waals surface area contributed by atoms with Gasteiger partial charge >= 0.3 is 0 Å². The fraction of sp³-hybridized carbons (Fsp3) is 0.185. The van der Waals surface area contributed by atoms with Gasteiger partial charge in [0, 0.05) is 5.69 Å². The Hall–Kier alpha value is -3.86. The quantitative estimate of drug-likeness (QED) is 0.546. The number of ether oxygens (including phenoxy) is 1. The van der Waals surface area contributed by atoms with Crippen LogP contribution >= 0.6 is 0 Å². The van der Waals surface area contributed by atoms with E-state index in [1.165, 1.54) is 10.5 Å². The molecule has 0 bridgehead atoms. The molecule has 0 aliphatic carbocycles. The second-order valence-electron chi connectivity index (χ2n) is 7.82. The lowest BCUT2D eigenvalue weighted by Gasteiger charge is -2.19. The topological polar surface area (TPSA) is 58.6 Å². The summed E-state index contributed by atoms with van der Waals surface area (Å²) in [4.78, 5) is 28.5. The van der Waals surface area contributed by atoms with Crippen LogP contribution in [0, 0.1) is 13.8 Å². The third kappa shape index (κ3) is 3.78. The predicted molar refractivity (Wildman–Crippen MR) is 128 cm³/mol. The van der Waals surface area contributed by atoms with Gasteiger partial charge in [0.25, 0.3) is 11.8 Å². The fourth-order valence-electron chi connectivity index (χ4n) is 3.84. The van der Waals surface area contributed by atoms with Gasteiger partial charge in [-0.3, -0.25) is 9.59 Å². The van der Waals surface area contributed by atoms with E-state index in [1.807, 2.05) is 56.3 Å². The van der Waals surface area contributed by atoms with Crippen LogP contribution in [0.5, 0.6) is 5.75 Å². The van der Waals surface area contributed by atoms with Crippen molar-refractivity contribution in [2.45, 2.75) is 27.2 Å². The van der Waals surface area contributed by atoms with Crippen molar-refractivity contribution in [3.05, 3.63) is 94.7 Å². The van der Waals surface area contributed by atoms with Crippen LogP contribution in [0.25, 0.3) is 5.57 Å². The zero-order chi connectivity index (χ0) is 22.8. The first-order chi connectivity index (χ1) is 15.4. The molecule has 0 aromatic heterocycles. The zero-order valence-corrected chi connectivity index (χ0v) is 18.7. The Labute approximate surface area is 188 Å². The third-order valence-corrected chi connectivity index (χ3v) is 5.91. The van der Waals surface area contributed by atoms with Crippen molar-refractivity contribution in [1.29, 1.82) is 0 Å². The molecule has 0 saturated heterocycles. The van der Waals surface area contributed by atoms with Crippen molar-refractivity contribution in [1.82, 2.24) is 0 Å². The van der Waals surface area contributed by atoms with Crippen molar-refractivity contribution < 1.29 is 14.3 Å². The largest absolute Gasteiger partial charge is 0.497 e. The number of carbonyl (C=O) groups is 2. The number of rotatable bonds is 6. The second-order valence-corrected chi connectivity index (χ2v) is 7.82. The molecule has 2 amide bonds. The van der Waals surface area contributed by atoms with Crippen molar-refractivity contribution in [3.63, 3.8) is 0 Å². The number of anilines is 2. The van der Waals surface area contributed by atoms with Crippen LogP contribution in [-0.2, 0) is 16.0 Å². The van der Waals surface area contributed by atoms with Gasteiger partial charge in [-0.2, -0.15) is 0 Å². The van der Waals surface area contributed by atoms with E-state index in [0.717, 1.165) is 23.2 Å². The van der Waals surface area contributed by atoms with Crippen LogP contribution in [0.4, 0.5) is 11.4 Å². The summed E-state index contributed by atoms with van der Waals surface area (Å²) in [5.41, 5.74) is 5.75. The lowest BCUT2D eigenvalue weighted by atomic mass is 10.0. The number of hydrogen-bond acceptors (Lipinski definition) is 4. The maximum atomic E-state index is 13.6. The molecule has 1 N–H and O–H groups in total. The zero-order valence-electron chi connectivity index (χ0n) is 18.7. The fourth-order valence-corrected chi connectivity index (χ4v) is 3.84. The first-order valence-electron chi connectivity index (χ1n) is 10.6. The molecule has 32 heavy (non-hydrogen) atoms. The van der Waals surface area contributed by atoms with Crippen LogP contribution < -0.4 is 15.0 Å². The van der Waals surface area contributed by atoms with Gasteiger partial charge in [-0.05, 0) is 72.9 Å². The number of hydrogen-bond donors (Lipinski definition) is 1. The normalized spacial score (nSPS) is 13.7. The highest BCUT2D eigenvalue weighted by Crippen LogP contribution is 2.36. The minimum atomic E-state index is -0.367. The second kappa shape index (κ2) is 8.71. The average Bonchev–Trinajstić information content (AvgIpc) is 3.05. The summed E-state index contributed by atoms with van der Waals surface area (Å²) in [6.45, 7) is 5.98. The van der Waals surface area contributed by atoms with Crippen molar-refractivity contribution in [2.24, 2.45) is 0 Å². The SMILES string of the molecule is CCc1ccc(NC2=C(c3ccc(OC)cc3)C(=O)N(c3cccc(C)c3C)C2=O)cc1. The Morgan fingerprint density at radius 2 is 1.56 bits per heavy atom. The maximum Gasteiger partial charge on any atom is 0.282 e. The monoisotopic (exact) mass is 426 g/mol. The van der Waals surface area contributed by atoms with Crippen LogP contribution in [0.3, 0.4) is 0 Å². The highest BCUT2D eigenvalue weighted by atomic mass is 16.5. The van der Waals surface area contributed by atoms with E-state index in [4.69, 9.17) is 4.74 Å². The summed E-state index contributed by atoms with van der Waals surface area (Å²) < 4.78 is 5.25. The summed E-state index contributed by atoms with van der Waals surface area (Å²) in [6.07, 6.45) is 0.928. The summed E-state index contributed by atoms with van der Waals surface area (Å²) in [7, 11) is 1.59. The summed E-state index contributed by atoms with van der Waals surface area (Å²) in [5, 5.41) is 3.22. The minimum Gasteiger partial charge on any atom is -0.497 e. The molecular formula is C27H26N2O3. The Morgan fingerprint density at radius 3 is 2.19 bits per heavy atom. The van der Waals surface area contributed by atoms with Crippen LogP contribution in [0.15, 0.2) is 72.4 Å². The van der Waals surface area contributed by atoms with Gasteiger partial charge in [-0.25, -0.2) is 4.90 Å². The molecule has 5 heteroatoms. The first-order valence-corrected chi connectivity index (χ1v) is 10.6. The molecule has 0 radical (unpaired) electrons. The molecule has 1 aliphatic rings. The first kappa shape index (κ1) is 21.4. The molecule has 4 rings (SSSR count). The van der Waals surface area contributed by atoms with Crippen LogP contribution in [-0.4, -0.2) is 18.9 Å². The summed E-state index contributed by atoms with van der Waals surface area (Å²) in [6, 6.07) is 20.7. The van der Waals surface area contributed by atoms with Crippen molar-refractivity contribution in [2.75, 3.05) is 17.3 Å². The molecule has 162 valence electrons. The molecule has 0 saturated carbocycles. The van der Waals surface area contributed by atoms with E-state index in [9.17, 15) is 9.59 Å². The maximum absolute atomic E-state index is 13.6. The molecule has 0 spiro atoms. The van der Waals surface area contributed by atoms with E-state index >= 15 is 0 Å². The average molecular weight is 427 g/mol. The lowest BCUT2D eigenvalue weighted by molar-refractivity contribution is -0.120. The Bertz CT molecular complexity index is 1210. The smallest absolute Gasteiger partial charge is 0.282 e. The Morgan fingerprint density at radius 1 is 0.875 bits per heavy atom. The van der Waals surface area contributed by atoms with E-state index in [1.54, 1.807) is 31.4 Å². The molecular weight excluding hydrogens is 400 g/mol. The number of nitrogens with zero attached hydrogens (tertiary/aromatic N) is 1. The van der Waals surface area contributed by atoms with Gasteiger partial charge in [0.15, 0.2) is 0 Å². The molecule has 3 aromatic rings. The molecule has 0 atom stereocenters.